The van der Waals surface area contributed by atoms with Crippen LogP contribution in [0.2, 0.25) is 0 Å². The van der Waals surface area contributed by atoms with Gasteiger partial charge in [0.15, 0.2) is 0 Å². The third-order valence-electron chi connectivity index (χ3n) is 3.07. The number of hydrogen-bond donors (Lipinski definition) is 0. The molecule has 0 nitrogen and oxygen atoms in total. The van der Waals surface area contributed by atoms with E-state index in [1.807, 2.05) is 26.0 Å². The molecule has 24 heavy (non-hydrogen) atoms. The van der Waals surface area contributed by atoms with Gasteiger partial charge in [0.2, 0.25) is 0 Å². The molecule has 0 aliphatic carbocycles. The van der Waals surface area contributed by atoms with Gasteiger partial charge in [0.25, 0.3) is 0 Å². The second kappa shape index (κ2) is 10.3. The Balaban J connectivity index is 0.000000180. The highest BCUT2D eigenvalue weighted by atomic mass is 19.1. The smallest absolute Gasteiger partial charge is 0.126 e. The number of aryl methyl sites for hydroxylation is 3. The van der Waals surface area contributed by atoms with Crippen LogP contribution in [0.25, 0.3) is 0 Å². The Bertz CT molecular complexity index is 675. The summed E-state index contributed by atoms with van der Waals surface area (Å²) in [6, 6.07) is 19.6. The van der Waals surface area contributed by atoms with Gasteiger partial charge in [-0.3, -0.25) is 0 Å². The SMILES string of the molecule is Cc1ccc(F)cc1.Cc1cccc(F)c1.Cc1ccccc1F. The van der Waals surface area contributed by atoms with Gasteiger partial charge in [-0.1, -0.05) is 48.0 Å². The molecule has 3 heteroatoms. The standard InChI is InChI=1S/3C7H7F/c1-6-2-4-7(8)5-3-6;1-6-3-2-4-7(8)5-6;1-6-4-2-3-5-7(6)8/h3*2-5H,1H3. The van der Waals surface area contributed by atoms with Gasteiger partial charge in [-0.15, -0.1) is 0 Å². The molecule has 0 unspecified atom stereocenters. The van der Waals surface area contributed by atoms with Gasteiger partial charge in [0.05, 0.1) is 0 Å². The maximum Gasteiger partial charge on any atom is 0.126 e. The van der Waals surface area contributed by atoms with Crippen molar-refractivity contribution in [3.05, 3.63) is 107 Å². The van der Waals surface area contributed by atoms with Crippen molar-refractivity contribution >= 4 is 0 Å². The van der Waals surface area contributed by atoms with Crippen molar-refractivity contribution in [1.29, 1.82) is 0 Å². The van der Waals surface area contributed by atoms with Crippen LogP contribution in [0.1, 0.15) is 16.7 Å². The normalized spacial score (nSPS) is 9.25. The first-order chi connectivity index (χ1) is 11.4. The van der Waals surface area contributed by atoms with E-state index >= 15 is 0 Å². The van der Waals surface area contributed by atoms with E-state index < -0.39 is 0 Å². The van der Waals surface area contributed by atoms with E-state index in [1.54, 1.807) is 37.3 Å². The van der Waals surface area contributed by atoms with Crippen molar-refractivity contribution < 1.29 is 13.2 Å². The van der Waals surface area contributed by atoms with Crippen molar-refractivity contribution in [3.63, 3.8) is 0 Å². The average Bonchev–Trinajstić information content (AvgIpc) is 2.54. The maximum absolute atomic E-state index is 12.3. The first-order valence-electron chi connectivity index (χ1n) is 7.54. The lowest BCUT2D eigenvalue weighted by Gasteiger charge is -1.89. The predicted octanol–water partition coefficient (Wildman–Crippen LogP) is 6.40. The van der Waals surface area contributed by atoms with Gasteiger partial charge in [-0.2, -0.15) is 0 Å². The Morgan fingerprint density at radius 1 is 0.542 bits per heavy atom. The fourth-order valence-corrected chi connectivity index (χ4v) is 1.69. The quantitative estimate of drug-likeness (QED) is 0.447. The summed E-state index contributed by atoms with van der Waals surface area (Å²) in [6.45, 7) is 5.54. The predicted molar refractivity (Wildman–Crippen MR) is 93.4 cm³/mol. The molecule has 3 aromatic rings. The molecule has 0 aromatic heterocycles. The van der Waals surface area contributed by atoms with Gasteiger partial charge in [0, 0.05) is 0 Å². The van der Waals surface area contributed by atoms with Crippen molar-refractivity contribution in [2.45, 2.75) is 20.8 Å². The Labute approximate surface area is 141 Å². The lowest BCUT2D eigenvalue weighted by atomic mass is 10.2. The molecule has 0 aliphatic rings. The van der Waals surface area contributed by atoms with E-state index in [4.69, 9.17) is 0 Å². The summed E-state index contributed by atoms with van der Waals surface area (Å²) in [5.41, 5.74) is 2.75. The fourth-order valence-electron chi connectivity index (χ4n) is 1.69. The number of benzene rings is 3. The molecule has 0 N–H and O–H groups in total. The molecule has 0 amide bonds. The second-order valence-corrected chi connectivity index (χ2v) is 5.34. The summed E-state index contributed by atoms with van der Waals surface area (Å²) in [7, 11) is 0. The van der Waals surface area contributed by atoms with E-state index in [0.29, 0.717) is 5.56 Å². The van der Waals surface area contributed by atoms with Crippen LogP contribution < -0.4 is 0 Å². The minimum Gasteiger partial charge on any atom is -0.207 e. The summed E-state index contributed by atoms with van der Waals surface area (Å²) in [5, 5.41) is 0. The zero-order valence-electron chi connectivity index (χ0n) is 14.1. The summed E-state index contributed by atoms with van der Waals surface area (Å²) < 4.78 is 36.6. The number of rotatable bonds is 0. The Morgan fingerprint density at radius 2 is 1.17 bits per heavy atom. The van der Waals surface area contributed by atoms with Crippen molar-refractivity contribution in [3.8, 4) is 0 Å². The highest BCUT2D eigenvalue weighted by Gasteiger charge is 1.88. The lowest BCUT2D eigenvalue weighted by Crippen LogP contribution is -1.76. The molecule has 0 atom stereocenters. The fraction of sp³-hybridized carbons (Fsp3) is 0.143. The zero-order chi connectivity index (χ0) is 17.9. The van der Waals surface area contributed by atoms with Gasteiger partial charge in [-0.05, 0) is 62.2 Å². The van der Waals surface area contributed by atoms with Crippen LogP contribution in [0.3, 0.4) is 0 Å². The maximum atomic E-state index is 12.3. The first kappa shape index (κ1) is 19.5. The molecule has 3 aromatic carbocycles. The Hall–Kier alpha value is -2.55. The minimum atomic E-state index is -0.171. The molecule has 0 heterocycles. The van der Waals surface area contributed by atoms with Crippen LogP contribution in [-0.2, 0) is 0 Å². The van der Waals surface area contributed by atoms with Gasteiger partial charge in [-0.25, -0.2) is 13.2 Å². The topological polar surface area (TPSA) is 0 Å². The second-order valence-electron chi connectivity index (χ2n) is 5.34. The van der Waals surface area contributed by atoms with Crippen LogP contribution in [0, 0.1) is 38.2 Å². The highest BCUT2D eigenvalue weighted by molar-refractivity contribution is 5.15. The van der Waals surface area contributed by atoms with E-state index in [9.17, 15) is 13.2 Å². The van der Waals surface area contributed by atoms with Gasteiger partial charge in [0.1, 0.15) is 17.5 Å². The van der Waals surface area contributed by atoms with Crippen LogP contribution >= 0.6 is 0 Å². The zero-order valence-corrected chi connectivity index (χ0v) is 14.1. The van der Waals surface area contributed by atoms with Crippen LogP contribution in [0.5, 0.6) is 0 Å². The Kier molecular flexibility index (Phi) is 8.34. The summed E-state index contributed by atoms with van der Waals surface area (Å²) in [6.07, 6.45) is 0. The molecular weight excluding hydrogens is 309 g/mol. The number of halogens is 3. The molecule has 0 bridgehead atoms. The lowest BCUT2D eigenvalue weighted by molar-refractivity contribution is 0.618. The van der Waals surface area contributed by atoms with Crippen LogP contribution in [0.15, 0.2) is 72.8 Å². The van der Waals surface area contributed by atoms with Crippen molar-refractivity contribution in [2.24, 2.45) is 0 Å². The molecule has 0 saturated heterocycles. The summed E-state index contributed by atoms with van der Waals surface area (Å²) in [5.74, 6) is -0.465. The van der Waals surface area contributed by atoms with Gasteiger partial charge < -0.3 is 0 Å². The molecule has 0 radical (unpaired) electrons. The van der Waals surface area contributed by atoms with Crippen LogP contribution in [-0.4, -0.2) is 0 Å². The van der Waals surface area contributed by atoms with Gasteiger partial charge >= 0.3 is 0 Å². The van der Waals surface area contributed by atoms with E-state index in [-0.39, 0.29) is 17.5 Å². The molecule has 0 spiro atoms. The molecule has 3 rings (SSSR count). The first-order valence-corrected chi connectivity index (χ1v) is 7.54. The number of hydrogen-bond acceptors (Lipinski definition) is 0. The third kappa shape index (κ3) is 8.18. The molecule has 0 saturated carbocycles. The Morgan fingerprint density at radius 3 is 1.54 bits per heavy atom. The molecular formula is C21H21F3. The average molecular weight is 330 g/mol. The molecule has 126 valence electrons. The summed E-state index contributed by atoms with van der Waals surface area (Å²) >= 11 is 0. The summed E-state index contributed by atoms with van der Waals surface area (Å²) in [4.78, 5) is 0. The van der Waals surface area contributed by atoms with E-state index in [1.165, 1.54) is 30.3 Å². The van der Waals surface area contributed by atoms with Crippen molar-refractivity contribution in [2.75, 3.05) is 0 Å². The highest BCUT2D eigenvalue weighted by Crippen LogP contribution is 2.02. The molecule has 0 aliphatic heterocycles. The minimum absolute atomic E-state index is 0.132. The largest absolute Gasteiger partial charge is 0.207 e. The van der Waals surface area contributed by atoms with Crippen molar-refractivity contribution in [1.82, 2.24) is 0 Å². The molecule has 0 fully saturated rings. The van der Waals surface area contributed by atoms with Crippen LogP contribution in [0.4, 0.5) is 13.2 Å². The third-order valence-corrected chi connectivity index (χ3v) is 3.07. The van der Waals surface area contributed by atoms with E-state index in [2.05, 4.69) is 0 Å². The van der Waals surface area contributed by atoms with E-state index in [0.717, 1.165) is 11.1 Å². The monoisotopic (exact) mass is 330 g/mol.